The van der Waals surface area contributed by atoms with Crippen LogP contribution in [0.4, 0.5) is 0 Å². The second-order valence-corrected chi connectivity index (χ2v) is 4.33. The number of rotatable bonds is 10. The molecule has 0 aromatic carbocycles. The highest BCUT2D eigenvalue weighted by Crippen LogP contribution is 2.12. The van der Waals surface area contributed by atoms with Crippen molar-refractivity contribution in [1.29, 1.82) is 0 Å². The summed E-state index contributed by atoms with van der Waals surface area (Å²) in [7, 11) is 0. The molecule has 0 heterocycles. The molecule has 0 aromatic heterocycles. The molecule has 0 rings (SSSR count). The van der Waals surface area contributed by atoms with Crippen LogP contribution >= 0.6 is 0 Å². The molecule has 0 saturated carbocycles. The molecule has 1 radical (unpaired) electrons. The first kappa shape index (κ1) is 14.4. The lowest BCUT2D eigenvalue weighted by atomic mass is 10.0. The van der Waals surface area contributed by atoms with Crippen molar-refractivity contribution in [3.63, 3.8) is 0 Å². The van der Waals surface area contributed by atoms with Crippen molar-refractivity contribution in [2.45, 2.75) is 71.6 Å². The Hall–Kier alpha value is -0.590. The monoisotopic (exact) mass is 209 g/mol. The Kier molecular flexibility index (Phi) is 11.0. The molecule has 0 N–H and O–H groups in total. The van der Waals surface area contributed by atoms with Crippen LogP contribution in [0.15, 0.2) is 11.6 Å². The van der Waals surface area contributed by atoms with E-state index in [-0.39, 0.29) is 0 Å². The first-order valence-electron chi connectivity index (χ1n) is 6.34. The van der Waals surface area contributed by atoms with Crippen LogP contribution in [-0.2, 0) is 4.79 Å². The second kappa shape index (κ2) is 11.5. The zero-order chi connectivity index (χ0) is 11.4. The van der Waals surface area contributed by atoms with Crippen molar-refractivity contribution in [3.8, 4) is 0 Å². The highest BCUT2D eigenvalue weighted by molar-refractivity contribution is 5.66. The van der Waals surface area contributed by atoms with Crippen LogP contribution in [0.3, 0.4) is 0 Å². The Morgan fingerprint density at radius 1 is 1.00 bits per heavy atom. The average molecular weight is 209 g/mol. The van der Waals surface area contributed by atoms with E-state index in [1.54, 1.807) is 6.08 Å². The number of allylic oxidation sites excluding steroid dienone is 2. The van der Waals surface area contributed by atoms with Crippen LogP contribution in [0.25, 0.3) is 0 Å². The van der Waals surface area contributed by atoms with Gasteiger partial charge in [-0.05, 0) is 25.8 Å². The van der Waals surface area contributed by atoms with Crippen molar-refractivity contribution in [2.24, 2.45) is 0 Å². The molecule has 0 amide bonds. The summed E-state index contributed by atoms with van der Waals surface area (Å²) in [5.41, 5.74) is 1.16. The van der Waals surface area contributed by atoms with E-state index in [2.05, 4.69) is 6.92 Å². The smallest absolute Gasteiger partial charge is 0.225 e. The van der Waals surface area contributed by atoms with Gasteiger partial charge in [-0.2, -0.15) is 0 Å². The highest BCUT2D eigenvalue weighted by atomic mass is 16.1. The molecule has 0 aliphatic carbocycles. The minimum Gasteiger partial charge on any atom is -0.286 e. The predicted molar refractivity (Wildman–Crippen MR) is 66.7 cm³/mol. The SMILES string of the molecule is CCCCCCCCCC/C(C)=C/[C]=O. The van der Waals surface area contributed by atoms with E-state index in [1.807, 2.05) is 13.2 Å². The minimum absolute atomic E-state index is 1.06. The van der Waals surface area contributed by atoms with Gasteiger partial charge in [0.05, 0.1) is 0 Å². The Bertz CT molecular complexity index is 170. The number of hydrogen-bond donors (Lipinski definition) is 0. The molecule has 0 bridgehead atoms. The number of carbonyl (C=O) groups excluding carboxylic acids is 1. The number of unbranched alkanes of at least 4 members (excludes halogenated alkanes) is 7. The third kappa shape index (κ3) is 11.3. The fourth-order valence-corrected chi connectivity index (χ4v) is 1.71. The van der Waals surface area contributed by atoms with Crippen LogP contribution in [0, 0.1) is 0 Å². The van der Waals surface area contributed by atoms with Gasteiger partial charge in [0.25, 0.3) is 0 Å². The van der Waals surface area contributed by atoms with Crippen molar-refractivity contribution >= 4 is 6.29 Å². The van der Waals surface area contributed by atoms with Gasteiger partial charge in [-0.25, -0.2) is 0 Å². The van der Waals surface area contributed by atoms with Gasteiger partial charge in [-0.1, -0.05) is 57.4 Å². The van der Waals surface area contributed by atoms with Crippen molar-refractivity contribution in [3.05, 3.63) is 11.6 Å². The lowest BCUT2D eigenvalue weighted by molar-refractivity contribution is 0.563. The topological polar surface area (TPSA) is 17.1 Å². The van der Waals surface area contributed by atoms with Gasteiger partial charge >= 0.3 is 0 Å². The third-order valence-corrected chi connectivity index (χ3v) is 2.73. The van der Waals surface area contributed by atoms with E-state index in [1.165, 1.54) is 51.4 Å². The summed E-state index contributed by atoms with van der Waals surface area (Å²) < 4.78 is 0. The zero-order valence-corrected chi connectivity index (χ0v) is 10.3. The van der Waals surface area contributed by atoms with Gasteiger partial charge < -0.3 is 0 Å². The normalized spacial score (nSPS) is 11.7. The minimum atomic E-state index is 1.06. The molecule has 87 valence electrons. The van der Waals surface area contributed by atoms with Crippen LogP contribution in [0.1, 0.15) is 71.6 Å². The zero-order valence-electron chi connectivity index (χ0n) is 10.3. The first-order valence-corrected chi connectivity index (χ1v) is 6.34. The van der Waals surface area contributed by atoms with Crippen LogP contribution in [-0.4, -0.2) is 6.29 Å². The predicted octanol–water partition coefficient (Wildman–Crippen LogP) is 4.57. The van der Waals surface area contributed by atoms with Gasteiger partial charge in [0, 0.05) is 0 Å². The molecule has 15 heavy (non-hydrogen) atoms. The molecular formula is C14H25O. The Morgan fingerprint density at radius 2 is 1.53 bits per heavy atom. The summed E-state index contributed by atoms with van der Waals surface area (Å²) in [6.07, 6.45) is 15.2. The summed E-state index contributed by atoms with van der Waals surface area (Å²) >= 11 is 0. The maximum absolute atomic E-state index is 10.0. The first-order chi connectivity index (χ1) is 7.31. The van der Waals surface area contributed by atoms with Crippen LogP contribution in [0.5, 0.6) is 0 Å². The summed E-state index contributed by atoms with van der Waals surface area (Å²) in [6, 6.07) is 0. The van der Waals surface area contributed by atoms with E-state index < -0.39 is 0 Å². The molecule has 0 spiro atoms. The summed E-state index contributed by atoms with van der Waals surface area (Å²) in [5, 5.41) is 0. The Labute approximate surface area is 95.0 Å². The van der Waals surface area contributed by atoms with E-state index in [0.29, 0.717) is 0 Å². The van der Waals surface area contributed by atoms with Gasteiger partial charge in [-0.3, -0.25) is 4.79 Å². The number of hydrogen-bond acceptors (Lipinski definition) is 1. The van der Waals surface area contributed by atoms with E-state index >= 15 is 0 Å². The molecule has 0 atom stereocenters. The fraction of sp³-hybridized carbons (Fsp3) is 0.786. The van der Waals surface area contributed by atoms with Crippen molar-refractivity contribution in [1.82, 2.24) is 0 Å². The van der Waals surface area contributed by atoms with Gasteiger partial charge in [0.15, 0.2) is 0 Å². The summed E-state index contributed by atoms with van der Waals surface area (Å²) in [4.78, 5) is 10.0. The van der Waals surface area contributed by atoms with Crippen LogP contribution in [0.2, 0.25) is 0 Å². The Balaban J connectivity index is 3.11. The van der Waals surface area contributed by atoms with E-state index in [9.17, 15) is 4.79 Å². The maximum atomic E-state index is 10.0. The quantitative estimate of drug-likeness (QED) is 0.380. The molecule has 0 aliphatic rings. The van der Waals surface area contributed by atoms with Crippen LogP contribution < -0.4 is 0 Å². The van der Waals surface area contributed by atoms with E-state index in [4.69, 9.17) is 0 Å². The average Bonchev–Trinajstić information content (AvgIpc) is 2.22. The van der Waals surface area contributed by atoms with Gasteiger partial charge in [0.1, 0.15) is 0 Å². The fourth-order valence-electron chi connectivity index (χ4n) is 1.71. The maximum Gasteiger partial charge on any atom is 0.225 e. The van der Waals surface area contributed by atoms with Crippen molar-refractivity contribution in [2.75, 3.05) is 0 Å². The molecule has 1 heteroatoms. The summed E-state index contributed by atoms with van der Waals surface area (Å²) in [5.74, 6) is 0. The molecule has 0 unspecified atom stereocenters. The molecule has 0 aromatic rings. The van der Waals surface area contributed by atoms with Crippen molar-refractivity contribution < 1.29 is 4.79 Å². The molecule has 0 saturated heterocycles. The van der Waals surface area contributed by atoms with Gasteiger partial charge in [-0.15, -0.1) is 0 Å². The Morgan fingerprint density at radius 3 is 2.07 bits per heavy atom. The van der Waals surface area contributed by atoms with Gasteiger partial charge in [0.2, 0.25) is 6.29 Å². The highest BCUT2D eigenvalue weighted by Gasteiger charge is 1.93. The second-order valence-electron chi connectivity index (χ2n) is 4.33. The molecule has 1 nitrogen and oxygen atoms in total. The largest absolute Gasteiger partial charge is 0.286 e. The molecule has 0 fully saturated rings. The lowest BCUT2D eigenvalue weighted by Crippen LogP contribution is -1.82. The lowest BCUT2D eigenvalue weighted by Gasteiger charge is -2.01. The summed E-state index contributed by atoms with van der Waals surface area (Å²) in [6.45, 7) is 4.26. The molecule has 0 aliphatic heterocycles. The standard InChI is InChI=1S/C14H25O/c1-3-4-5-6-7-8-9-10-11-14(2)12-13-15/h12H,3-11H2,1-2H3/b14-12+. The van der Waals surface area contributed by atoms with E-state index in [0.717, 1.165) is 12.0 Å². The third-order valence-electron chi connectivity index (χ3n) is 2.73. The molecular weight excluding hydrogens is 184 g/mol.